The van der Waals surface area contributed by atoms with E-state index >= 15 is 0 Å². The van der Waals surface area contributed by atoms with E-state index in [1.54, 1.807) is 11.8 Å². The number of carboxylic acid groups (broad SMARTS) is 1. The molecule has 1 saturated heterocycles. The van der Waals surface area contributed by atoms with Crippen LogP contribution in [0.1, 0.15) is 17.9 Å². The number of hydrogen-bond acceptors (Lipinski definition) is 6. The number of hydrogen-bond donors (Lipinski definition) is 2. The van der Waals surface area contributed by atoms with E-state index in [9.17, 15) is 9.90 Å². The van der Waals surface area contributed by atoms with Crippen LogP contribution in [0.3, 0.4) is 0 Å². The second kappa shape index (κ2) is 9.94. The maximum atomic E-state index is 11.4. The Labute approximate surface area is 185 Å². The van der Waals surface area contributed by atoms with E-state index in [2.05, 4.69) is 5.32 Å². The van der Waals surface area contributed by atoms with Crippen LogP contribution in [0.5, 0.6) is 17.2 Å². The molecule has 7 heteroatoms. The van der Waals surface area contributed by atoms with Gasteiger partial charge in [-0.3, -0.25) is 10.1 Å². The van der Waals surface area contributed by atoms with Gasteiger partial charge in [-0.15, -0.1) is 11.8 Å². The Morgan fingerprint density at radius 1 is 0.968 bits per heavy atom. The zero-order chi connectivity index (χ0) is 21.6. The lowest BCUT2D eigenvalue weighted by Gasteiger charge is -2.19. The molecule has 6 nitrogen and oxygen atoms in total. The molecule has 0 aromatic heterocycles. The topological polar surface area (TPSA) is 77.0 Å². The predicted octanol–water partition coefficient (Wildman–Crippen LogP) is 4.48. The van der Waals surface area contributed by atoms with Crippen LogP contribution in [0, 0.1) is 0 Å². The van der Waals surface area contributed by atoms with Crippen LogP contribution in [0.4, 0.5) is 0 Å². The Balaban J connectivity index is 1.50. The van der Waals surface area contributed by atoms with E-state index in [1.807, 2.05) is 67.6 Å². The van der Waals surface area contributed by atoms with E-state index in [0.29, 0.717) is 37.1 Å². The van der Waals surface area contributed by atoms with Crippen molar-refractivity contribution in [1.82, 2.24) is 5.32 Å². The second-order valence-corrected chi connectivity index (χ2v) is 8.18. The molecule has 0 saturated carbocycles. The summed E-state index contributed by atoms with van der Waals surface area (Å²) in [6, 6.07) is 19.0. The smallest absolute Gasteiger partial charge is 0.321 e. The summed E-state index contributed by atoms with van der Waals surface area (Å²) in [5, 5.41) is 14.6. The molecule has 1 heterocycles. The first-order valence-corrected chi connectivity index (χ1v) is 11.3. The fourth-order valence-electron chi connectivity index (χ4n) is 3.60. The van der Waals surface area contributed by atoms with Gasteiger partial charge in [-0.25, -0.2) is 0 Å². The van der Waals surface area contributed by atoms with Gasteiger partial charge in [0.1, 0.15) is 25.0 Å². The van der Waals surface area contributed by atoms with Crippen molar-refractivity contribution in [3.05, 3.63) is 66.2 Å². The number of ether oxygens (including phenoxy) is 3. The minimum absolute atomic E-state index is 0.151. The van der Waals surface area contributed by atoms with E-state index in [0.717, 1.165) is 22.1 Å². The van der Waals surface area contributed by atoms with Crippen molar-refractivity contribution in [2.24, 2.45) is 0 Å². The van der Waals surface area contributed by atoms with Gasteiger partial charge in [0.2, 0.25) is 0 Å². The minimum atomic E-state index is -0.834. The molecule has 1 aliphatic rings. The Hall–Kier alpha value is -2.90. The standard InChI is InChI=1S/C24H25NO5S/c1-2-28-19-9-5-6-10-20(19)29-13-14-30-21-12-11-16-7-3-4-8-17(16)22(21)23-25-18(15-31-23)24(26)27/h3-12,18,23,25H,2,13-15H2,1H3,(H,26,27). The molecule has 0 bridgehead atoms. The normalized spacial score (nSPS) is 18.1. The highest BCUT2D eigenvalue weighted by Crippen LogP contribution is 2.42. The molecule has 2 N–H and O–H groups in total. The summed E-state index contributed by atoms with van der Waals surface area (Å²) in [5.41, 5.74) is 0.974. The summed E-state index contributed by atoms with van der Waals surface area (Å²) in [6.45, 7) is 3.22. The van der Waals surface area contributed by atoms with Gasteiger partial charge in [0.05, 0.1) is 12.0 Å². The first kappa shape index (κ1) is 21.3. The van der Waals surface area contributed by atoms with Crippen LogP contribution < -0.4 is 19.5 Å². The van der Waals surface area contributed by atoms with Gasteiger partial charge >= 0.3 is 5.97 Å². The number of benzene rings is 3. The third-order valence-electron chi connectivity index (χ3n) is 5.02. The summed E-state index contributed by atoms with van der Waals surface area (Å²) < 4.78 is 17.6. The highest BCUT2D eigenvalue weighted by molar-refractivity contribution is 7.99. The lowest BCUT2D eigenvalue weighted by Crippen LogP contribution is -2.33. The fourth-order valence-corrected chi connectivity index (χ4v) is 4.89. The Kier molecular flexibility index (Phi) is 6.84. The molecule has 1 aliphatic heterocycles. The second-order valence-electron chi connectivity index (χ2n) is 7.05. The van der Waals surface area contributed by atoms with Crippen LogP contribution in [-0.2, 0) is 4.79 Å². The average Bonchev–Trinajstić information content (AvgIpc) is 3.28. The van der Waals surface area contributed by atoms with Crippen molar-refractivity contribution < 1.29 is 24.1 Å². The molecule has 3 aromatic rings. The van der Waals surface area contributed by atoms with Gasteiger partial charge in [0.25, 0.3) is 0 Å². The highest BCUT2D eigenvalue weighted by atomic mass is 32.2. The minimum Gasteiger partial charge on any atom is -0.490 e. The Bertz CT molecular complexity index is 1060. The zero-order valence-corrected chi connectivity index (χ0v) is 18.1. The van der Waals surface area contributed by atoms with E-state index in [1.165, 1.54) is 0 Å². The van der Waals surface area contributed by atoms with Crippen LogP contribution >= 0.6 is 11.8 Å². The number of carboxylic acids is 1. The molecule has 4 rings (SSSR count). The monoisotopic (exact) mass is 439 g/mol. The third kappa shape index (κ3) is 4.89. The molecule has 0 amide bonds. The van der Waals surface area contributed by atoms with E-state index < -0.39 is 12.0 Å². The number of aliphatic carboxylic acids is 1. The summed E-state index contributed by atoms with van der Waals surface area (Å²) >= 11 is 1.58. The number of rotatable bonds is 9. The molecule has 31 heavy (non-hydrogen) atoms. The number of fused-ring (bicyclic) bond motifs is 1. The maximum absolute atomic E-state index is 11.4. The SMILES string of the molecule is CCOc1ccccc1OCCOc1ccc2ccccc2c1C1NC(C(=O)O)CS1. The molecule has 2 unspecified atom stereocenters. The van der Waals surface area contributed by atoms with Crippen LogP contribution in [-0.4, -0.2) is 42.7 Å². The lowest BCUT2D eigenvalue weighted by atomic mass is 10.0. The molecule has 1 fully saturated rings. The van der Waals surface area contributed by atoms with Crippen molar-refractivity contribution in [1.29, 1.82) is 0 Å². The third-order valence-corrected chi connectivity index (χ3v) is 6.25. The molecule has 0 radical (unpaired) electrons. The Morgan fingerprint density at radius 2 is 1.65 bits per heavy atom. The molecule has 0 spiro atoms. The summed E-state index contributed by atoms with van der Waals surface area (Å²) in [5.74, 6) is 1.81. The van der Waals surface area contributed by atoms with Crippen molar-refractivity contribution in [3.63, 3.8) is 0 Å². The first-order chi connectivity index (χ1) is 15.2. The highest BCUT2D eigenvalue weighted by Gasteiger charge is 2.33. The first-order valence-electron chi connectivity index (χ1n) is 10.3. The van der Waals surface area contributed by atoms with Gasteiger partial charge in [-0.1, -0.05) is 42.5 Å². The Morgan fingerprint density at radius 3 is 2.35 bits per heavy atom. The average molecular weight is 440 g/mol. The van der Waals surface area contributed by atoms with Crippen LogP contribution in [0.25, 0.3) is 10.8 Å². The van der Waals surface area contributed by atoms with Crippen molar-refractivity contribution >= 4 is 28.5 Å². The summed E-state index contributed by atoms with van der Waals surface area (Å²) in [4.78, 5) is 11.4. The van der Waals surface area contributed by atoms with E-state index in [4.69, 9.17) is 14.2 Å². The van der Waals surface area contributed by atoms with Gasteiger partial charge in [-0.05, 0) is 35.9 Å². The number of thioether (sulfide) groups is 1. The number of nitrogens with one attached hydrogen (secondary N) is 1. The molecular weight excluding hydrogens is 414 g/mol. The zero-order valence-electron chi connectivity index (χ0n) is 17.2. The molecule has 3 aromatic carbocycles. The van der Waals surface area contributed by atoms with Crippen molar-refractivity contribution in [2.75, 3.05) is 25.6 Å². The lowest BCUT2D eigenvalue weighted by molar-refractivity contribution is -0.138. The van der Waals surface area contributed by atoms with E-state index in [-0.39, 0.29) is 5.37 Å². The number of carbonyl (C=O) groups is 1. The molecular formula is C24H25NO5S. The molecule has 162 valence electrons. The summed E-state index contributed by atoms with van der Waals surface area (Å²) in [6.07, 6.45) is 0. The van der Waals surface area contributed by atoms with Crippen LogP contribution in [0.2, 0.25) is 0 Å². The maximum Gasteiger partial charge on any atom is 0.321 e. The molecule has 2 atom stereocenters. The predicted molar refractivity (Wildman–Crippen MR) is 122 cm³/mol. The van der Waals surface area contributed by atoms with Gasteiger partial charge in [0, 0.05) is 11.3 Å². The molecule has 0 aliphatic carbocycles. The summed E-state index contributed by atoms with van der Waals surface area (Å²) in [7, 11) is 0. The largest absolute Gasteiger partial charge is 0.490 e. The van der Waals surface area contributed by atoms with Gasteiger partial charge in [0.15, 0.2) is 11.5 Å². The van der Waals surface area contributed by atoms with Gasteiger partial charge in [-0.2, -0.15) is 0 Å². The van der Waals surface area contributed by atoms with Crippen LogP contribution in [0.15, 0.2) is 60.7 Å². The quantitative estimate of drug-likeness (QED) is 0.476. The number of para-hydroxylation sites is 2. The van der Waals surface area contributed by atoms with Crippen molar-refractivity contribution in [3.8, 4) is 17.2 Å². The fraction of sp³-hybridized carbons (Fsp3) is 0.292. The van der Waals surface area contributed by atoms with Gasteiger partial charge < -0.3 is 19.3 Å². The van der Waals surface area contributed by atoms with Crippen molar-refractivity contribution in [2.45, 2.75) is 18.3 Å².